The number of rotatable bonds is 6. The first-order chi connectivity index (χ1) is 19.2. The van der Waals surface area contributed by atoms with Crippen LogP contribution in [-0.2, 0) is 10.2 Å². The molecule has 1 saturated carbocycles. The van der Waals surface area contributed by atoms with Crippen LogP contribution in [0.3, 0.4) is 0 Å². The topological polar surface area (TPSA) is 91.3 Å². The summed E-state index contributed by atoms with van der Waals surface area (Å²) >= 11 is 7.33. The molecule has 1 spiro atoms. The molecule has 1 N–H and O–H groups in total. The van der Waals surface area contributed by atoms with Crippen LogP contribution in [0.1, 0.15) is 58.7 Å². The summed E-state index contributed by atoms with van der Waals surface area (Å²) in [6.45, 7) is 3.01. The molecule has 8 nitrogen and oxygen atoms in total. The zero-order chi connectivity index (χ0) is 28.2. The normalized spacial score (nSPS) is 21.6. The van der Waals surface area contributed by atoms with E-state index in [-0.39, 0.29) is 34.3 Å². The van der Waals surface area contributed by atoms with Crippen molar-refractivity contribution < 1.29 is 22.8 Å². The molecular formula is C27H26ClF3N6O2S. The SMILES string of the molecule is Cc1nnc(N2CC3(C2)C(=O)N(C[C@H]2CC[C@H](NC(=O)c4cc(Cl)cnc4C(F)F)CC2)c2cccc(F)c23)s1. The van der Waals surface area contributed by atoms with Gasteiger partial charge in [0.1, 0.15) is 21.9 Å². The Hall–Kier alpha value is -3.25. The van der Waals surface area contributed by atoms with Crippen molar-refractivity contribution in [1.82, 2.24) is 20.5 Å². The highest BCUT2D eigenvalue weighted by Gasteiger charge is 2.60. The van der Waals surface area contributed by atoms with Gasteiger partial charge in [-0.2, -0.15) is 0 Å². The van der Waals surface area contributed by atoms with Crippen molar-refractivity contribution in [1.29, 1.82) is 0 Å². The lowest BCUT2D eigenvalue weighted by Crippen LogP contribution is -2.64. The Bertz CT molecular complexity index is 1470. The fraction of sp³-hybridized carbons (Fsp3) is 0.444. The number of halogens is 4. The molecule has 13 heteroatoms. The predicted molar refractivity (Wildman–Crippen MR) is 145 cm³/mol. The van der Waals surface area contributed by atoms with Crippen molar-refractivity contribution in [2.75, 3.05) is 29.4 Å². The van der Waals surface area contributed by atoms with Gasteiger partial charge in [0.15, 0.2) is 0 Å². The van der Waals surface area contributed by atoms with E-state index in [0.29, 0.717) is 43.7 Å². The molecule has 2 aromatic heterocycles. The molecule has 210 valence electrons. The summed E-state index contributed by atoms with van der Waals surface area (Å²) < 4.78 is 41.9. The van der Waals surface area contributed by atoms with E-state index in [9.17, 15) is 18.4 Å². The molecule has 0 unspecified atom stereocenters. The van der Waals surface area contributed by atoms with Crippen molar-refractivity contribution in [3.63, 3.8) is 0 Å². The molecule has 0 bridgehead atoms. The van der Waals surface area contributed by atoms with Crippen molar-refractivity contribution in [2.24, 2.45) is 5.92 Å². The minimum atomic E-state index is -2.90. The number of pyridine rings is 1. The van der Waals surface area contributed by atoms with Crippen molar-refractivity contribution >= 4 is 45.6 Å². The van der Waals surface area contributed by atoms with E-state index in [1.807, 2.05) is 11.8 Å². The minimum absolute atomic E-state index is 0.103. The third-order valence-electron chi connectivity index (χ3n) is 8.08. The highest BCUT2D eigenvalue weighted by molar-refractivity contribution is 7.15. The number of carbonyl (C=O) groups excluding carboxylic acids is 2. The van der Waals surface area contributed by atoms with Gasteiger partial charge in [-0.05, 0) is 56.7 Å². The number of aromatic nitrogens is 3. The van der Waals surface area contributed by atoms with E-state index in [1.165, 1.54) is 23.5 Å². The Kier molecular flexibility index (Phi) is 6.94. The maximum Gasteiger partial charge on any atom is 0.281 e. The van der Waals surface area contributed by atoms with E-state index < -0.39 is 23.4 Å². The van der Waals surface area contributed by atoms with Gasteiger partial charge in [0.2, 0.25) is 11.0 Å². The molecule has 0 radical (unpaired) electrons. The number of amides is 2. The van der Waals surface area contributed by atoms with Crippen molar-refractivity contribution in [2.45, 2.75) is 50.5 Å². The molecule has 40 heavy (non-hydrogen) atoms. The van der Waals surface area contributed by atoms with E-state index in [1.54, 1.807) is 17.0 Å². The van der Waals surface area contributed by atoms with Crippen LogP contribution in [0.4, 0.5) is 24.0 Å². The quantitative estimate of drug-likeness (QED) is 0.431. The van der Waals surface area contributed by atoms with Gasteiger partial charge in [-0.15, -0.1) is 10.2 Å². The van der Waals surface area contributed by atoms with E-state index in [0.717, 1.165) is 29.2 Å². The number of nitrogens with zero attached hydrogens (tertiary/aromatic N) is 5. The first-order valence-electron chi connectivity index (χ1n) is 13.1. The van der Waals surface area contributed by atoms with E-state index in [2.05, 4.69) is 20.5 Å². The summed E-state index contributed by atoms with van der Waals surface area (Å²) in [5.74, 6) is -0.968. The molecule has 3 aromatic rings. The van der Waals surface area contributed by atoms with Crippen LogP contribution in [0.2, 0.25) is 5.02 Å². The van der Waals surface area contributed by atoms with Crippen LogP contribution in [0.25, 0.3) is 0 Å². The molecule has 2 fully saturated rings. The lowest BCUT2D eigenvalue weighted by atomic mass is 9.74. The zero-order valence-corrected chi connectivity index (χ0v) is 23.1. The molecule has 1 aromatic carbocycles. The predicted octanol–water partition coefficient (Wildman–Crippen LogP) is 5.07. The molecule has 0 atom stereocenters. The molecule has 2 amide bonds. The largest absolute Gasteiger partial charge is 0.349 e. The summed E-state index contributed by atoms with van der Waals surface area (Å²) in [5.41, 5.74) is -0.711. The van der Waals surface area contributed by atoms with Crippen LogP contribution in [0.15, 0.2) is 30.5 Å². The lowest BCUT2D eigenvalue weighted by molar-refractivity contribution is -0.124. The highest BCUT2D eigenvalue weighted by atomic mass is 35.5. The van der Waals surface area contributed by atoms with E-state index in [4.69, 9.17) is 11.6 Å². The van der Waals surface area contributed by atoms with Crippen LogP contribution in [0.5, 0.6) is 0 Å². The molecular weight excluding hydrogens is 565 g/mol. The van der Waals surface area contributed by atoms with Gasteiger partial charge in [0.25, 0.3) is 12.3 Å². The number of fused-ring (bicyclic) bond motifs is 2. The van der Waals surface area contributed by atoms with Crippen molar-refractivity contribution in [3.8, 4) is 0 Å². The summed E-state index contributed by atoms with van der Waals surface area (Å²) in [6, 6.07) is 5.83. The number of carbonyl (C=O) groups is 2. The summed E-state index contributed by atoms with van der Waals surface area (Å²) in [7, 11) is 0. The molecule has 1 aliphatic carbocycles. The maximum atomic E-state index is 15.2. The fourth-order valence-corrected chi connectivity index (χ4v) is 6.98. The van der Waals surface area contributed by atoms with Gasteiger partial charge >= 0.3 is 0 Å². The Morgan fingerprint density at radius 1 is 1.23 bits per heavy atom. The average Bonchev–Trinajstić information content (AvgIpc) is 3.43. The summed E-state index contributed by atoms with van der Waals surface area (Å²) in [4.78, 5) is 33.9. The number of hydrogen-bond donors (Lipinski definition) is 1. The Balaban J connectivity index is 1.11. The Morgan fingerprint density at radius 3 is 2.65 bits per heavy atom. The van der Waals surface area contributed by atoms with Gasteiger partial charge in [0, 0.05) is 37.4 Å². The smallest absolute Gasteiger partial charge is 0.281 e. The summed E-state index contributed by atoms with van der Waals surface area (Å²) in [6.07, 6.45) is 0.893. The van der Waals surface area contributed by atoms with Gasteiger partial charge < -0.3 is 15.1 Å². The lowest BCUT2D eigenvalue weighted by Gasteiger charge is -2.46. The average molecular weight is 591 g/mol. The Morgan fingerprint density at radius 2 is 1.98 bits per heavy atom. The van der Waals surface area contributed by atoms with Gasteiger partial charge in [0.05, 0.1) is 16.3 Å². The number of anilines is 2. The molecule has 2 aliphatic heterocycles. The van der Waals surface area contributed by atoms with E-state index >= 15 is 4.39 Å². The van der Waals surface area contributed by atoms with Gasteiger partial charge in [-0.25, -0.2) is 13.2 Å². The monoisotopic (exact) mass is 590 g/mol. The third kappa shape index (κ3) is 4.60. The van der Waals surface area contributed by atoms with Crippen molar-refractivity contribution in [3.05, 3.63) is 63.1 Å². The number of hydrogen-bond acceptors (Lipinski definition) is 7. The minimum Gasteiger partial charge on any atom is -0.349 e. The van der Waals surface area contributed by atoms with Crippen LogP contribution in [0, 0.1) is 18.7 Å². The second-order valence-corrected chi connectivity index (χ2v) is 12.3. The van der Waals surface area contributed by atoms with Gasteiger partial charge in [-0.3, -0.25) is 14.6 Å². The standard InChI is InChI=1S/C27H26ClF3N6O2S/c1-14-34-35-26(40-14)36-12-27(13-36)21-19(29)3-2-4-20(21)37(25(27)39)11-15-5-7-17(8-6-15)33-24(38)18-9-16(28)10-32-22(18)23(30)31/h2-4,9-10,15,17,23H,5-8,11-13H2,1H3,(H,33,38)/t15-,17-. The maximum absolute atomic E-state index is 15.2. The first-order valence-corrected chi connectivity index (χ1v) is 14.3. The Labute approximate surface area is 237 Å². The summed E-state index contributed by atoms with van der Waals surface area (Å²) in [5, 5.41) is 12.7. The number of alkyl halides is 2. The third-order valence-corrected chi connectivity index (χ3v) is 9.19. The number of aryl methyl sites for hydroxylation is 1. The van der Waals surface area contributed by atoms with Crippen LogP contribution >= 0.6 is 22.9 Å². The second-order valence-electron chi connectivity index (χ2n) is 10.7. The van der Waals surface area contributed by atoms with Gasteiger partial charge in [-0.1, -0.05) is 29.0 Å². The molecule has 6 rings (SSSR count). The fourth-order valence-electron chi connectivity index (χ4n) is 6.13. The second kappa shape index (κ2) is 10.3. The molecule has 1 saturated heterocycles. The molecule has 3 aliphatic rings. The van der Waals surface area contributed by atoms with Crippen LogP contribution in [-0.4, -0.2) is 52.7 Å². The zero-order valence-electron chi connectivity index (χ0n) is 21.5. The first kappa shape index (κ1) is 26.9. The molecule has 4 heterocycles. The number of benzene rings is 1. The van der Waals surface area contributed by atoms with Crippen LogP contribution < -0.4 is 15.1 Å². The highest BCUT2D eigenvalue weighted by Crippen LogP contribution is 2.50. The number of nitrogens with one attached hydrogen (secondary N) is 1.